The van der Waals surface area contributed by atoms with E-state index in [1.54, 1.807) is 12.4 Å². The zero-order chi connectivity index (χ0) is 19.3. The van der Waals surface area contributed by atoms with Gasteiger partial charge in [-0.1, -0.05) is 29.8 Å². The molecule has 1 fully saturated rings. The number of nitrogens with zero attached hydrogens (tertiary/aromatic N) is 4. The lowest BCUT2D eigenvalue weighted by Crippen LogP contribution is -3.15. The van der Waals surface area contributed by atoms with Crippen LogP contribution in [0.4, 0.5) is 11.1 Å². The number of aryl methyl sites for hydroxylation is 1. The van der Waals surface area contributed by atoms with Gasteiger partial charge in [-0.05, 0) is 13.0 Å². The van der Waals surface area contributed by atoms with Gasteiger partial charge in [0.15, 0.2) is 11.7 Å². The van der Waals surface area contributed by atoms with Crippen LogP contribution in [-0.4, -0.2) is 53.6 Å². The molecule has 3 aromatic rings. The number of hydrogen-bond donors (Lipinski definition) is 2. The van der Waals surface area contributed by atoms with Gasteiger partial charge in [-0.3, -0.25) is 10.1 Å². The Balaban J connectivity index is 1.28. The van der Waals surface area contributed by atoms with Crippen LogP contribution in [0.25, 0.3) is 11.3 Å². The third kappa shape index (κ3) is 4.52. The predicted molar refractivity (Wildman–Crippen MR) is 111 cm³/mol. The van der Waals surface area contributed by atoms with Gasteiger partial charge in [-0.25, -0.2) is 15.0 Å². The standard InChI is InChI=1S/C20H22N6OS/c1-15-3-5-16(6-4-15)17-14-28-20(23-17)24-18(27)13-25-9-11-26(12-10-25)19-21-7-2-8-22-19/h2-8,14H,9-13H2,1H3,(H,23,24,27)/p+1. The summed E-state index contributed by atoms with van der Waals surface area (Å²) in [5.74, 6) is 0.765. The van der Waals surface area contributed by atoms with Crippen molar-refractivity contribution < 1.29 is 9.69 Å². The van der Waals surface area contributed by atoms with Crippen LogP contribution >= 0.6 is 11.3 Å². The number of quaternary nitrogens is 1. The Morgan fingerprint density at radius 3 is 2.61 bits per heavy atom. The van der Waals surface area contributed by atoms with Gasteiger partial charge in [0.1, 0.15) is 0 Å². The zero-order valence-electron chi connectivity index (χ0n) is 15.8. The molecule has 1 aromatic carbocycles. The fraction of sp³-hybridized carbons (Fsp3) is 0.300. The Kier molecular flexibility index (Phi) is 5.59. The van der Waals surface area contributed by atoms with Crippen LogP contribution in [0.15, 0.2) is 48.1 Å². The van der Waals surface area contributed by atoms with Crippen LogP contribution in [0.1, 0.15) is 5.56 Å². The molecular weight excluding hydrogens is 372 g/mol. The number of rotatable bonds is 5. The third-order valence-electron chi connectivity index (χ3n) is 4.81. The second-order valence-electron chi connectivity index (χ2n) is 6.91. The van der Waals surface area contributed by atoms with Crippen molar-refractivity contribution in [3.63, 3.8) is 0 Å². The van der Waals surface area contributed by atoms with E-state index in [1.165, 1.54) is 21.8 Å². The summed E-state index contributed by atoms with van der Waals surface area (Å²) in [6.45, 7) is 5.98. The van der Waals surface area contributed by atoms with E-state index in [0.29, 0.717) is 11.7 Å². The monoisotopic (exact) mass is 395 g/mol. The van der Waals surface area contributed by atoms with Crippen molar-refractivity contribution in [1.82, 2.24) is 15.0 Å². The zero-order valence-corrected chi connectivity index (χ0v) is 16.6. The number of thiazole rings is 1. The first-order chi connectivity index (χ1) is 13.7. The van der Waals surface area contributed by atoms with Gasteiger partial charge >= 0.3 is 0 Å². The molecule has 2 N–H and O–H groups in total. The van der Waals surface area contributed by atoms with Crippen LogP contribution in [0.2, 0.25) is 0 Å². The highest BCUT2D eigenvalue weighted by Crippen LogP contribution is 2.24. The molecular formula is C20H23N6OS+. The fourth-order valence-electron chi connectivity index (χ4n) is 3.23. The Morgan fingerprint density at radius 2 is 1.89 bits per heavy atom. The van der Waals surface area contributed by atoms with E-state index in [9.17, 15) is 4.79 Å². The second-order valence-corrected chi connectivity index (χ2v) is 7.77. The SMILES string of the molecule is Cc1ccc(-c2csc(NC(=O)C[NH+]3CCN(c4ncccn4)CC3)n2)cc1. The van der Waals surface area contributed by atoms with Crippen LogP contribution in [-0.2, 0) is 4.79 Å². The minimum absolute atomic E-state index is 0.00390. The minimum atomic E-state index is 0.00390. The first-order valence-electron chi connectivity index (χ1n) is 9.35. The smallest absolute Gasteiger partial charge is 0.281 e. The Bertz CT molecular complexity index is 919. The summed E-state index contributed by atoms with van der Waals surface area (Å²) in [5, 5.41) is 5.57. The molecule has 8 heteroatoms. The molecule has 1 aliphatic heterocycles. The molecule has 1 amide bonds. The maximum Gasteiger partial charge on any atom is 0.281 e. The van der Waals surface area contributed by atoms with E-state index in [-0.39, 0.29) is 5.91 Å². The average molecular weight is 396 g/mol. The van der Waals surface area contributed by atoms with Crippen molar-refractivity contribution in [2.24, 2.45) is 0 Å². The normalized spacial score (nSPS) is 14.8. The number of piperazine rings is 1. The summed E-state index contributed by atoms with van der Waals surface area (Å²) in [4.78, 5) is 29.0. The molecule has 0 bridgehead atoms. The summed E-state index contributed by atoms with van der Waals surface area (Å²) in [6, 6.07) is 10.1. The average Bonchev–Trinajstić information content (AvgIpc) is 3.18. The highest BCUT2D eigenvalue weighted by molar-refractivity contribution is 7.14. The van der Waals surface area contributed by atoms with E-state index in [2.05, 4.69) is 56.4 Å². The first-order valence-corrected chi connectivity index (χ1v) is 10.2. The van der Waals surface area contributed by atoms with Crippen LogP contribution in [0, 0.1) is 6.92 Å². The van der Waals surface area contributed by atoms with Gasteiger partial charge in [-0.2, -0.15) is 0 Å². The number of carbonyl (C=O) groups excluding carboxylic acids is 1. The van der Waals surface area contributed by atoms with E-state index in [1.807, 2.05) is 11.4 Å². The van der Waals surface area contributed by atoms with Crippen molar-refractivity contribution in [1.29, 1.82) is 0 Å². The minimum Gasteiger partial charge on any atom is -0.330 e. The van der Waals surface area contributed by atoms with Crippen LogP contribution < -0.4 is 15.1 Å². The molecule has 2 aromatic heterocycles. The number of carbonyl (C=O) groups is 1. The maximum absolute atomic E-state index is 12.4. The summed E-state index contributed by atoms with van der Waals surface area (Å²) >= 11 is 1.46. The number of amides is 1. The van der Waals surface area contributed by atoms with Gasteiger partial charge in [0.25, 0.3) is 5.91 Å². The molecule has 1 saturated heterocycles. The second kappa shape index (κ2) is 8.45. The molecule has 4 rings (SSSR count). The Hall–Kier alpha value is -2.84. The van der Waals surface area contributed by atoms with Crippen LogP contribution in [0.5, 0.6) is 0 Å². The number of benzene rings is 1. The molecule has 0 saturated carbocycles. The molecule has 1 aliphatic rings. The number of hydrogen-bond acceptors (Lipinski definition) is 6. The molecule has 0 unspecified atom stereocenters. The largest absolute Gasteiger partial charge is 0.330 e. The van der Waals surface area contributed by atoms with Gasteiger partial charge in [0.05, 0.1) is 31.9 Å². The quantitative estimate of drug-likeness (QED) is 0.680. The summed E-state index contributed by atoms with van der Waals surface area (Å²) in [7, 11) is 0. The van der Waals surface area contributed by atoms with E-state index >= 15 is 0 Å². The Labute approximate surface area is 168 Å². The van der Waals surface area contributed by atoms with Crippen molar-refractivity contribution in [3.05, 3.63) is 53.7 Å². The lowest BCUT2D eigenvalue weighted by Gasteiger charge is -2.31. The van der Waals surface area contributed by atoms with Gasteiger partial charge in [0.2, 0.25) is 5.95 Å². The first kappa shape index (κ1) is 18.5. The highest BCUT2D eigenvalue weighted by atomic mass is 32.1. The molecule has 0 radical (unpaired) electrons. The lowest BCUT2D eigenvalue weighted by atomic mass is 10.1. The predicted octanol–water partition coefficient (Wildman–Crippen LogP) is 1.25. The molecule has 0 aliphatic carbocycles. The number of anilines is 2. The number of nitrogens with one attached hydrogen (secondary N) is 2. The molecule has 0 atom stereocenters. The third-order valence-corrected chi connectivity index (χ3v) is 5.57. The van der Waals surface area contributed by atoms with E-state index < -0.39 is 0 Å². The molecule has 28 heavy (non-hydrogen) atoms. The van der Waals surface area contributed by atoms with Crippen molar-refractivity contribution in [2.75, 3.05) is 42.9 Å². The van der Waals surface area contributed by atoms with Gasteiger partial charge in [0, 0.05) is 23.3 Å². The summed E-state index contributed by atoms with van der Waals surface area (Å²) < 4.78 is 0. The number of aromatic nitrogens is 3. The topological polar surface area (TPSA) is 75.5 Å². The molecule has 3 heterocycles. The lowest BCUT2D eigenvalue weighted by molar-refractivity contribution is -0.892. The Morgan fingerprint density at radius 1 is 1.18 bits per heavy atom. The van der Waals surface area contributed by atoms with Crippen molar-refractivity contribution in [2.45, 2.75) is 6.92 Å². The van der Waals surface area contributed by atoms with Crippen molar-refractivity contribution in [3.8, 4) is 11.3 Å². The molecule has 0 spiro atoms. The molecule has 7 nitrogen and oxygen atoms in total. The van der Waals surface area contributed by atoms with Gasteiger partial charge < -0.3 is 9.80 Å². The van der Waals surface area contributed by atoms with Crippen LogP contribution in [0.3, 0.4) is 0 Å². The molecule has 144 valence electrons. The summed E-state index contributed by atoms with van der Waals surface area (Å²) in [5.41, 5.74) is 3.17. The summed E-state index contributed by atoms with van der Waals surface area (Å²) in [6.07, 6.45) is 3.52. The van der Waals surface area contributed by atoms with Gasteiger partial charge in [-0.15, -0.1) is 11.3 Å². The highest BCUT2D eigenvalue weighted by Gasteiger charge is 2.23. The maximum atomic E-state index is 12.4. The fourth-order valence-corrected chi connectivity index (χ4v) is 3.97. The van der Waals surface area contributed by atoms with E-state index in [4.69, 9.17) is 0 Å². The van der Waals surface area contributed by atoms with E-state index in [0.717, 1.165) is 43.4 Å². The van der Waals surface area contributed by atoms with Crippen molar-refractivity contribution >= 4 is 28.3 Å².